The van der Waals surface area contributed by atoms with Gasteiger partial charge in [-0.1, -0.05) is 11.6 Å². The summed E-state index contributed by atoms with van der Waals surface area (Å²) in [4.78, 5) is 0. The van der Waals surface area contributed by atoms with Gasteiger partial charge in [0.1, 0.15) is 0 Å². The zero-order valence-corrected chi connectivity index (χ0v) is 7.80. The fourth-order valence-electron chi connectivity index (χ4n) is 0.289. The molecule has 54 valence electrons. The highest BCUT2D eigenvalue weighted by molar-refractivity contribution is 8.08. The first kappa shape index (κ1) is 9.55. The monoisotopic (exact) mass is 186 g/mol. The van der Waals surface area contributed by atoms with Crippen LogP contribution in [0.3, 0.4) is 0 Å². The number of allylic oxidation sites excluding steroid dienone is 2. The fraction of sp³-hybridized carbons (Fsp3) is 0.600. The highest BCUT2D eigenvalue weighted by atomic mass is 35.9. The van der Waals surface area contributed by atoms with E-state index in [1.807, 2.05) is 13.8 Å². The average Bonchev–Trinajstić information content (AvgIpc) is 1.59. The summed E-state index contributed by atoms with van der Waals surface area (Å²) < 4.78 is 10.6. The van der Waals surface area contributed by atoms with Crippen LogP contribution in [0.15, 0.2) is 11.6 Å². The summed E-state index contributed by atoms with van der Waals surface area (Å²) in [5.41, 5.74) is 1.08. The molecule has 0 saturated heterocycles. The Labute approximate surface area is 65.0 Å². The molecule has 0 amide bonds. The van der Waals surface area contributed by atoms with E-state index in [-0.39, 0.29) is 6.16 Å². The number of hydrogen-bond donors (Lipinski definition) is 0. The standard InChI is InChI=1S/C5H9Cl2OP/c1-5(2)3-4-9(6,7)8/h3H,4H2,1-2H3. The van der Waals surface area contributed by atoms with Crippen LogP contribution >= 0.6 is 28.3 Å². The lowest BCUT2D eigenvalue weighted by molar-refractivity contribution is 0.594. The van der Waals surface area contributed by atoms with Crippen molar-refractivity contribution in [3.63, 3.8) is 0 Å². The van der Waals surface area contributed by atoms with E-state index >= 15 is 0 Å². The van der Waals surface area contributed by atoms with Gasteiger partial charge in [0.25, 0.3) is 5.85 Å². The van der Waals surface area contributed by atoms with Crippen LogP contribution in [0.4, 0.5) is 0 Å². The Morgan fingerprint density at radius 2 is 2.00 bits per heavy atom. The molecular formula is C5H9Cl2OP. The Morgan fingerprint density at radius 3 is 2.11 bits per heavy atom. The highest BCUT2D eigenvalue weighted by Crippen LogP contribution is 2.56. The topological polar surface area (TPSA) is 17.1 Å². The normalized spacial score (nSPS) is 11.1. The van der Waals surface area contributed by atoms with Gasteiger partial charge in [0.15, 0.2) is 0 Å². The molecule has 0 atom stereocenters. The van der Waals surface area contributed by atoms with Gasteiger partial charge >= 0.3 is 0 Å². The van der Waals surface area contributed by atoms with Crippen LogP contribution in [-0.2, 0) is 4.57 Å². The minimum absolute atomic E-state index is 0.276. The van der Waals surface area contributed by atoms with Crippen molar-refractivity contribution in [2.75, 3.05) is 6.16 Å². The van der Waals surface area contributed by atoms with E-state index in [0.717, 1.165) is 5.57 Å². The molecule has 0 aromatic carbocycles. The SMILES string of the molecule is CC(C)=CCP(=O)(Cl)Cl. The highest BCUT2D eigenvalue weighted by Gasteiger charge is 2.09. The summed E-state index contributed by atoms with van der Waals surface area (Å²) in [6, 6.07) is 0. The molecule has 0 aromatic heterocycles. The lowest BCUT2D eigenvalue weighted by Gasteiger charge is -1.94. The Morgan fingerprint density at radius 1 is 1.56 bits per heavy atom. The second kappa shape index (κ2) is 3.65. The van der Waals surface area contributed by atoms with Crippen LogP contribution in [0.5, 0.6) is 0 Å². The summed E-state index contributed by atoms with van der Waals surface area (Å²) in [7, 11) is 0. The molecule has 0 N–H and O–H groups in total. The minimum Gasteiger partial charge on any atom is -0.289 e. The van der Waals surface area contributed by atoms with Crippen molar-refractivity contribution in [2.24, 2.45) is 0 Å². The zero-order chi connectivity index (χ0) is 7.49. The lowest BCUT2D eigenvalue weighted by atomic mass is 10.3. The molecule has 4 heteroatoms. The van der Waals surface area contributed by atoms with Gasteiger partial charge in [0, 0.05) is 6.16 Å². The molecule has 0 heterocycles. The third-order valence-electron chi connectivity index (χ3n) is 0.712. The van der Waals surface area contributed by atoms with Crippen LogP contribution in [0.2, 0.25) is 0 Å². The van der Waals surface area contributed by atoms with Crippen molar-refractivity contribution in [3.05, 3.63) is 11.6 Å². The van der Waals surface area contributed by atoms with Crippen molar-refractivity contribution >= 4 is 28.3 Å². The van der Waals surface area contributed by atoms with Crippen molar-refractivity contribution in [2.45, 2.75) is 13.8 Å². The number of hydrogen-bond acceptors (Lipinski definition) is 1. The predicted molar refractivity (Wildman–Crippen MR) is 43.6 cm³/mol. The van der Waals surface area contributed by atoms with Gasteiger partial charge in [-0.05, 0) is 36.3 Å². The largest absolute Gasteiger partial charge is 0.289 e. The van der Waals surface area contributed by atoms with E-state index in [1.54, 1.807) is 6.08 Å². The first-order chi connectivity index (χ1) is 3.92. The summed E-state index contributed by atoms with van der Waals surface area (Å²) in [5.74, 6) is -2.85. The van der Waals surface area contributed by atoms with Gasteiger partial charge in [-0.2, -0.15) is 0 Å². The lowest BCUT2D eigenvalue weighted by Crippen LogP contribution is -1.71. The average molecular weight is 187 g/mol. The van der Waals surface area contributed by atoms with Crippen molar-refractivity contribution in [3.8, 4) is 0 Å². The van der Waals surface area contributed by atoms with Crippen molar-refractivity contribution < 1.29 is 4.57 Å². The van der Waals surface area contributed by atoms with Gasteiger partial charge < -0.3 is 0 Å². The van der Waals surface area contributed by atoms with Gasteiger partial charge in [-0.25, -0.2) is 0 Å². The van der Waals surface area contributed by atoms with E-state index in [0.29, 0.717) is 0 Å². The van der Waals surface area contributed by atoms with E-state index in [9.17, 15) is 4.57 Å². The Balaban J connectivity index is 3.79. The van der Waals surface area contributed by atoms with Gasteiger partial charge in [-0.3, -0.25) is 4.57 Å². The summed E-state index contributed by atoms with van der Waals surface area (Å²) in [5, 5.41) is 0. The molecule has 0 radical (unpaired) electrons. The van der Waals surface area contributed by atoms with Gasteiger partial charge in [-0.15, -0.1) is 0 Å². The van der Waals surface area contributed by atoms with Crippen molar-refractivity contribution in [1.29, 1.82) is 0 Å². The fourth-order valence-corrected chi connectivity index (χ4v) is 1.28. The summed E-state index contributed by atoms with van der Waals surface area (Å²) in [6.45, 7) is 3.81. The first-order valence-corrected chi connectivity index (χ1v) is 6.24. The number of rotatable bonds is 2. The summed E-state index contributed by atoms with van der Waals surface area (Å²) >= 11 is 10.5. The maximum atomic E-state index is 10.6. The maximum absolute atomic E-state index is 10.6. The zero-order valence-electron chi connectivity index (χ0n) is 5.40. The second-order valence-corrected chi connectivity index (χ2v) is 7.33. The predicted octanol–water partition coefficient (Wildman–Crippen LogP) is 3.62. The van der Waals surface area contributed by atoms with Crippen LogP contribution in [0.25, 0.3) is 0 Å². The first-order valence-electron chi connectivity index (χ1n) is 2.53. The molecule has 0 saturated carbocycles. The summed E-state index contributed by atoms with van der Waals surface area (Å²) in [6.07, 6.45) is 2.04. The van der Waals surface area contributed by atoms with Gasteiger partial charge in [0.2, 0.25) is 0 Å². The third kappa shape index (κ3) is 8.55. The Kier molecular flexibility index (Phi) is 3.88. The Hall–Kier alpha value is 0.550. The molecule has 0 aliphatic rings. The van der Waals surface area contributed by atoms with Crippen molar-refractivity contribution in [1.82, 2.24) is 0 Å². The van der Waals surface area contributed by atoms with E-state index in [4.69, 9.17) is 22.5 Å². The number of halogens is 2. The molecule has 1 nitrogen and oxygen atoms in total. The van der Waals surface area contributed by atoms with E-state index in [1.165, 1.54) is 0 Å². The van der Waals surface area contributed by atoms with E-state index in [2.05, 4.69) is 0 Å². The van der Waals surface area contributed by atoms with Crippen LogP contribution < -0.4 is 0 Å². The second-order valence-electron chi connectivity index (χ2n) is 2.03. The van der Waals surface area contributed by atoms with E-state index < -0.39 is 5.85 Å². The van der Waals surface area contributed by atoms with Crippen LogP contribution in [0, 0.1) is 0 Å². The van der Waals surface area contributed by atoms with Crippen LogP contribution in [-0.4, -0.2) is 6.16 Å². The molecule has 0 spiro atoms. The maximum Gasteiger partial charge on any atom is 0.256 e. The van der Waals surface area contributed by atoms with Crippen LogP contribution in [0.1, 0.15) is 13.8 Å². The molecule has 0 aliphatic heterocycles. The molecule has 0 bridgehead atoms. The smallest absolute Gasteiger partial charge is 0.256 e. The molecule has 0 fully saturated rings. The Bertz CT molecular complexity index is 154. The molecular weight excluding hydrogens is 178 g/mol. The minimum atomic E-state index is -2.85. The molecule has 0 unspecified atom stereocenters. The quantitative estimate of drug-likeness (QED) is 0.476. The molecule has 9 heavy (non-hydrogen) atoms. The molecule has 0 aromatic rings. The molecule has 0 aliphatic carbocycles. The third-order valence-corrected chi connectivity index (χ3v) is 2.15. The van der Waals surface area contributed by atoms with Gasteiger partial charge in [0.05, 0.1) is 0 Å². The molecule has 0 rings (SSSR count).